The minimum absolute atomic E-state index is 0.0777. The van der Waals surface area contributed by atoms with Gasteiger partial charge in [0.05, 0.1) is 12.7 Å². The lowest BCUT2D eigenvalue weighted by atomic mass is 10.0. The van der Waals surface area contributed by atoms with Crippen molar-refractivity contribution in [2.75, 3.05) is 19.7 Å². The molecule has 1 atom stereocenters. The molecular weight excluding hydrogens is 238 g/mol. The van der Waals surface area contributed by atoms with Crippen molar-refractivity contribution in [1.29, 1.82) is 0 Å². The molecule has 17 heavy (non-hydrogen) atoms. The summed E-state index contributed by atoms with van der Waals surface area (Å²) in [5, 5.41) is 0. The van der Waals surface area contributed by atoms with Crippen molar-refractivity contribution in [3.63, 3.8) is 0 Å². The van der Waals surface area contributed by atoms with E-state index in [9.17, 15) is 4.79 Å². The number of halogens is 1. The standard InChI is InChI=1S/C13H16ClNO2/c14-15-8-9-17-12(10-15)6-7-13(16)11-4-2-1-3-5-11/h1-5,12H,6-10H2. The number of carbonyl (C=O) groups is 1. The van der Waals surface area contributed by atoms with Gasteiger partial charge in [0.15, 0.2) is 5.78 Å². The summed E-state index contributed by atoms with van der Waals surface area (Å²) in [5.41, 5.74) is 0.769. The molecule has 2 rings (SSSR count). The van der Waals surface area contributed by atoms with Gasteiger partial charge in [-0.05, 0) is 18.2 Å². The predicted molar refractivity (Wildman–Crippen MR) is 67.2 cm³/mol. The molecule has 0 amide bonds. The second-order valence-electron chi connectivity index (χ2n) is 4.19. The molecule has 3 nitrogen and oxygen atoms in total. The maximum atomic E-state index is 11.9. The minimum atomic E-state index is 0.0777. The lowest BCUT2D eigenvalue weighted by Gasteiger charge is -2.27. The van der Waals surface area contributed by atoms with Crippen LogP contribution in [-0.4, -0.2) is 36.0 Å². The normalized spacial score (nSPS) is 21.4. The van der Waals surface area contributed by atoms with Gasteiger partial charge in [0.25, 0.3) is 0 Å². The minimum Gasteiger partial charge on any atom is -0.375 e. The molecule has 0 saturated carbocycles. The Balaban J connectivity index is 1.80. The van der Waals surface area contributed by atoms with Gasteiger partial charge in [-0.15, -0.1) is 0 Å². The van der Waals surface area contributed by atoms with Gasteiger partial charge in [0.1, 0.15) is 0 Å². The first kappa shape index (κ1) is 12.6. The first-order valence-electron chi connectivity index (χ1n) is 5.86. The highest BCUT2D eigenvalue weighted by molar-refractivity contribution is 6.13. The number of ether oxygens (including phenoxy) is 1. The molecule has 0 aromatic heterocycles. The van der Waals surface area contributed by atoms with E-state index in [-0.39, 0.29) is 11.9 Å². The monoisotopic (exact) mass is 253 g/mol. The number of nitrogens with zero attached hydrogens (tertiary/aromatic N) is 1. The van der Waals surface area contributed by atoms with Gasteiger partial charge in [-0.25, -0.2) is 4.42 Å². The Kier molecular flexibility index (Phi) is 4.54. The third kappa shape index (κ3) is 3.80. The van der Waals surface area contributed by atoms with Crippen molar-refractivity contribution in [2.24, 2.45) is 0 Å². The lowest BCUT2D eigenvalue weighted by molar-refractivity contribution is -0.00534. The predicted octanol–water partition coefficient (Wildman–Crippen LogP) is 2.50. The Morgan fingerprint density at radius 2 is 2.18 bits per heavy atom. The third-order valence-corrected chi connectivity index (χ3v) is 3.19. The third-order valence-electron chi connectivity index (χ3n) is 2.88. The summed E-state index contributed by atoms with van der Waals surface area (Å²) in [6, 6.07) is 9.36. The van der Waals surface area contributed by atoms with Crippen LogP contribution in [0, 0.1) is 0 Å². The van der Waals surface area contributed by atoms with Crippen LogP contribution < -0.4 is 0 Å². The van der Waals surface area contributed by atoms with E-state index in [1.807, 2.05) is 30.3 Å². The van der Waals surface area contributed by atoms with Crippen LogP contribution in [0.15, 0.2) is 30.3 Å². The van der Waals surface area contributed by atoms with Gasteiger partial charge < -0.3 is 4.74 Å². The van der Waals surface area contributed by atoms with Crippen molar-refractivity contribution < 1.29 is 9.53 Å². The SMILES string of the molecule is O=C(CCC1CN(Cl)CCO1)c1ccccc1. The summed E-state index contributed by atoms with van der Waals surface area (Å²) in [7, 11) is 0. The van der Waals surface area contributed by atoms with Crippen molar-refractivity contribution in [2.45, 2.75) is 18.9 Å². The maximum Gasteiger partial charge on any atom is 0.162 e. The summed E-state index contributed by atoms with van der Waals surface area (Å²) >= 11 is 5.91. The highest BCUT2D eigenvalue weighted by Gasteiger charge is 2.20. The van der Waals surface area contributed by atoms with Crippen LogP contribution in [-0.2, 0) is 4.74 Å². The van der Waals surface area contributed by atoms with E-state index in [1.54, 1.807) is 4.42 Å². The molecule has 1 fully saturated rings. The lowest BCUT2D eigenvalue weighted by Crippen LogP contribution is -2.37. The summed E-state index contributed by atoms with van der Waals surface area (Å²) in [4.78, 5) is 11.9. The fraction of sp³-hybridized carbons (Fsp3) is 0.462. The number of carbonyl (C=O) groups excluding carboxylic acids is 1. The van der Waals surface area contributed by atoms with Crippen LogP contribution in [0.2, 0.25) is 0 Å². The Morgan fingerprint density at radius 3 is 2.88 bits per heavy atom. The van der Waals surface area contributed by atoms with Crippen LogP contribution in [0.3, 0.4) is 0 Å². The topological polar surface area (TPSA) is 29.5 Å². The molecule has 4 heteroatoms. The number of benzene rings is 1. The van der Waals surface area contributed by atoms with Crippen LogP contribution in [0.25, 0.3) is 0 Å². The Hall–Kier alpha value is -0.900. The zero-order valence-corrected chi connectivity index (χ0v) is 10.4. The maximum absolute atomic E-state index is 11.9. The number of Topliss-reactive ketones (excluding diaryl/α,β-unsaturated/α-hetero) is 1. The van der Waals surface area contributed by atoms with Gasteiger partial charge in [0.2, 0.25) is 0 Å². The second-order valence-corrected chi connectivity index (χ2v) is 4.67. The van der Waals surface area contributed by atoms with Gasteiger partial charge in [-0.2, -0.15) is 0 Å². The van der Waals surface area contributed by atoms with Crippen molar-refractivity contribution >= 4 is 17.6 Å². The second kappa shape index (κ2) is 6.15. The van der Waals surface area contributed by atoms with Crippen molar-refractivity contribution in [3.8, 4) is 0 Å². The Bertz CT molecular complexity index is 369. The Morgan fingerprint density at radius 1 is 1.41 bits per heavy atom. The summed E-state index contributed by atoms with van der Waals surface area (Å²) < 4.78 is 7.28. The fourth-order valence-electron chi connectivity index (χ4n) is 1.92. The van der Waals surface area contributed by atoms with Gasteiger partial charge in [0, 0.05) is 25.1 Å². The van der Waals surface area contributed by atoms with E-state index in [2.05, 4.69) is 0 Å². The molecular formula is C13H16ClNO2. The van der Waals surface area contributed by atoms with Crippen LogP contribution in [0.5, 0.6) is 0 Å². The first-order valence-corrected chi connectivity index (χ1v) is 6.20. The van der Waals surface area contributed by atoms with Crippen molar-refractivity contribution in [1.82, 2.24) is 4.42 Å². The molecule has 1 heterocycles. The number of morpholine rings is 1. The number of ketones is 1. The van der Waals surface area contributed by atoms with Crippen LogP contribution in [0.4, 0.5) is 0 Å². The zero-order valence-electron chi connectivity index (χ0n) is 9.64. The molecule has 1 aromatic rings. The molecule has 0 radical (unpaired) electrons. The van der Waals surface area contributed by atoms with Crippen LogP contribution >= 0.6 is 11.8 Å². The Labute approximate surface area is 106 Å². The number of rotatable bonds is 4. The smallest absolute Gasteiger partial charge is 0.162 e. The van der Waals surface area contributed by atoms with E-state index in [0.29, 0.717) is 19.6 Å². The van der Waals surface area contributed by atoms with Gasteiger partial charge >= 0.3 is 0 Å². The quantitative estimate of drug-likeness (QED) is 0.610. The molecule has 0 spiro atoms. The molecule has 1 unspecified atom stereocenters. The molecule has 1 aliphatic rings. The summed E-state index contributed by atoms with van der Waals surface area (Å²) in [5.74, 6) is 0.167. The van der Waals surface area contributed by atoms with E-state index in [4.69, 9.17) is 16.5 Å². The molecule has 0 aliphatic carbocycles. The molecule has 92 valence electrons. The molecule has 0 bridgehead atoms. The van der Waals surface area contributed by atoms with Gasteiger partial charge in [-0.3, -0.25) is 4.79 Å². The molecule has 1 saturated heterocycles. The number of hydrogen-bond donors (Lipinski definition) is 0. The zero-order chi connectivity index (χ0) is 12.1. The van der Waals surface area contributed by atoms with Crippen LogP contribution in [0.1, 0.15) is 23.2 Å². The highest BCUT2D eigenvalue weighted by Crippen LogP contribution is 2.14. The molecule has 1 aromatic carbocycles. The highest BCUT2D eigenvalue weighted by atomic mass is 35.5. The average molecular weight is 254 g/mol. The number of hydrogen-bond acceptors (Lipinski definition) is 3. The van der Waals surface area contributed by atoms with E-state index in [1.165, 1.54) is 0 Å². The molecule has 1 aliphatic heterocycles. The van der Waals surface area contributed by atoms with Gasteiger partial charge in [-0.1, -0.05) is 30.3 Å². The van der Waals surface area contributed by atoms with E-state index < -0.39 is 0 Å². The van der Waals surface area contributed by atoms with E-state index >= 15 is 0 Å². The molecule has 0 N–H and O–H groups in total. The van der Waals surface area contributed by atoms with Crippen molar-refractivity contribution in [3.05, 3.63) is 35.9 Å². The largest absolute Gasteiger partial charge is 0.375 e. The summed E-state index contributed by atoms with van der Waals surface area (Å²) in [6.45, 7) is 2.10. The fourth-order valence-corrected chi connectivity index (χ4v) is 2.14. The first-order chi connectivity index (χ1) is 8.25. The average Bonchev–Trinajstić information content (AvgIpc) is 2.37. The van der Waals surface area contributed by atoms with E-state index in [0.717, 1.165) is 18.5 Å². The summed E-state index contributed by atoms with van der Waals surface area (Å²) in [6.07, 6.45) is 1.32.